The minimum absolute atomic E-state index is 0.372. The van der Waals surface area contributed by atoms with Crippen molar-refractivity contribution in [3.05, 3.63) is 70.3 Å². The summed E-state index contributed by atoms with van der Waals surface area (Å²) in [6, 6.07) is 12.5. The quantitative estimate of drug-likeness (QED) is 0.316. The first-order valence-corrected chi connectivity index (χ1v) is 9.88. The number of hydrogen-bond acceptors (Lipinski definition) is 4. The SMILES string of the molecule is CCc1ccc2c(c1CC)C(I)=C(c1ccccc1)C2(OC(=O)O)OC(=O)O. The van der Waals surface area contributed by atoms with Crippen LogP contribution in [0.15, 0.2) is 42.5 Å². The van der Waals surface area contributed by atoms with Crippen LogP contribution in [-0.2, 0) is 28.1 Å². The Bertz CT molecular complexity index is 948. The molecule has 6 nitrogen and oxygen atoms in total. The summed E-state index contributed by atoms with van der Waals surface area (Å²) in [5.74, 6) is -2.08. The Labute approximate surface area is 175 Å². The van der Waals surface area contributed by atoms with Gasteiger partial charge in [0.25, 0.3) is 0 Å². The molecule has 0 unspecified atom stereocenters. The standard InChI is InChI=1S/C21H19IO6/c1-3-12-10-11-15-16(14(12)4-2)18(22)17(13-8-6-5-7-9-13)21(15,27-19(23)24)28-20(25)26/h5-11H,3-4H2,1-2H3,(H,23,24)(H,25,26). The van der Waals surface area contributed by atoms with Crippen LogP contribution in [0.5, 0.6) is 0 Å². The molecule has 7 heteroatoms. The van der Waals surface area contributed by atoms with Crippen LogP contribution in [0.4, 0.5) is 9.59 Å². The second kappa shape index (κ2) is 7.83. The lowest BCUT2D eigenvalue weighted by molar-refractivity contribution is -0.146. The van der Waals surface area contributed by atoms with Crippen LogP contribution in [0.2, 0.25) is 0 Å². The zero-order chi connectivity index (χ0) is 20.5. The number of carboxylic acid groups (broad SMARTS) is 2. The van der Waals surface area contributed by atoms with Crippen LogP contribution in [0.1, 0.15) is 41.7 Å². The van der Waals surface area contributed by atoms with Crippen molar-refractivity contribution in [1.82, 2.24) is 0 Å². The Morgan fingerprint density at radius 3 is 2.07 bits per heavy atom. The molecule has 0 aromatic heterocycles. The van der Waals surface area contributed by atoms with Gasteiger partial charge in [-0.15, -0.1) is 0 Å². The lowest BCUT2D eigenvalue weighted by Crippen LogP contribution is -2.37. The smallest absolute Gasteiger partial charge is 0.450 e. The summed E-state index contributed by atoms with van der Waals surface area (Å²) in [7, 11) is 0. The maximum absolute atomic E-state index is 11.6. The van der Waals surface area contributed by atoms with Gasteiger partial charge in [-0.05, 0) is 58.2 Å². The van der Waals surface area contributed by atoms with E-state index in [1.165, 1.54) is 0 Å². The van der Waals surface area contributed by atoms with Crippen molar-refractivity contribution in [3.8, 4) is 0 Å². The molecule has 0 saturated carbocycles. The van der Waals surface area contributed by atoms with E-state index in [0.29, 0.717) is 26.7 Å². The van der Waals surface area contributed by atoms with Gasteiger partial charge in [-0.2, -0.15) is 0 Å². The van der Waals surface area contributed by atoms with E-state index >= 15 is 0 Å². The van der Waals surface area contributed by atoms with E-state index in [2.05, 4.69) is 22.6 Å². The second-order valence-corrected chi connectivity index (χ2v) is 7.32. The lowest BCUT2D eigenvalue weighted by Gasteiger charge is -2.30. The van der Waals surface area contributed by atoms with E-state index < -0.39 is 18.1 Å². The van der Waals surface area contributed by atoms with Crippen molar-refractivity contribution in [2.45, 2.75) is 32.5 Å². The molecule has 1 aliphatic carbocycles. The van der Waals surface area contributed by atoms with Gasteiger partial charge in [-0.25, -0.2) is 9.59 Å². The molecule has 0 fully saturated rings. The van der Waals surface area contributed by atoms with Crippen molar-refractivity contribution in [3.63, 3.8) is 0 Å². The normalized spacial score (nSPS) is 14.5. The van der Waals surface area contributed by atoms with E-state index in [9.17, 15) is 19.8 Å². The molecule has 0 heterocycles. The van der Waals surface area contributed by atoms with Gasteiger partial charge in [0.2, 0.25) is 0 Å². The monoisotopic (exact) mass is 494 g/mol. The predicted molar refractivity (Wildman–Crippen MR) is 112 cm³/mol. The Morgan fingerprint density at radius 1 is 0.964 bits per heavy atom. The Morgan fingerprint density at radius 2 is 1.57 bits per heavy atom. The fraction of sp³-hybridized carbons (Fsp3) is 0.238. The minimum Gasteiger partial charge on any atom is -0.450 e. The molecule has 0 saturated heterocycles. The number of halogens is 1. The van der Waals surface area contributed by atoms with E-state index in [1.807, 2.05) is 26.0 Å². The highest BCUT2D eigenvalue weighted by atomic mass is 127. The number of rotatable bonds is 5. The van der Waals surface area contributed by atoms with Gasteiger partial charge in [0.15, 0.2) is 0 Å². The molecule has 28 heavy (non-hydrogen) atoms. The highest BCUT2D eigenvalue weighted by molar-refractivity contribution is 14.1. The van der Waals surface area contributed by atoms with Gasteiger partial charge in [-0.3, -0.25) is 0 Å². The van der Waals surface area contributed by atoms with Crippen LogP contribution in [0.3, 0.4) is 0 Å². The topological polar surface area (TPSA) is 93.1 Å². The lowest BCUT2D eigenvalue weighted by atomic mass is 9.92. The third-order valence-electron chi connectivity index (χ3n) is 4.79. The molecule has 0 spiro atoms. The molecule has 0 aliphatic heterocycles. The first kappa shape index (κ1) is 20.2. The van der Waals surface area contributed by atoms with E-state index in [1.54, 1.807) is 30.3 Å². The Balaban J connectivity index is 2.42. The van der Waals surface area contributed by atoms with Crippen LogP contribution >= 0.6 is 22.6 Å². The number of carbonyl (C=O) groups is 2. The van der Waals surface area contributed by atoms with Crippen molar-refractivity contribution < 1.29 is 29.3 Å². The van der Waals surface area contributed by atoms with Gasteiger partial charge < -0.3 is 19.7 Å². The zero-order valence-corrected chi connectivity index (χ0v) is 17.5. The van der Waals surface area contributed by atoms with E-state index in [4.69, 9.17) is 9.47 Å². The van der Waals surface area contributed by atoms with E-state index in [-0.39, 0.29) is 0 Å². The minimum atomic E-state index is -2.08. The van der Waals surface area contributed by atoms with Gasteiger partial charge in [0, 0.05) is 9.14 Å². The highest BCUT2D eigenvalue weighted by Gasteiger charge is 2.53. The molecule has 0 atom stereocenters. The Hall–Kier alpha value is -2.55. The van der Waals surface area contributed by atoms with Crippen molar-refractivity contribution in [2.75, 3.05) is 0 Å². The van der Waals surface area contributed by atoms with Crippen LogP contribution < -0.4 is 0 Å². The number of ether oxygens (including phenoxy) is 2. The van der Waals surface area contributed by atoms with Crippen LogP contribution in [-0.4, -0.2) is 22.5 Å². The van der Waals surface area contributed by atoms with Gasteiger partial charge in [-0.1, -0.05) is 50.2 Å². The Kier molecular flexibility index (Phi) is 5.64. The summed E-state index contributed by atoms with van der Waals surface area (Å²) >= 11 is 2.12. The summed E-state index contributed by atoms with van der Waals surface area (Å²) in [4.78, 5) is 23.2. The first-order chi connectivity index (χ1) is 13.4. The molecule has 0 bridgehead atoms. The maximum Gasteiger partial charge on any atom is 0.509 e. The fourth-order valence-electron chi connectivity index (χ4n) is 3.76. The molecule has 0 radical (unpaired) electrons. The number of benzene rings is 2. The van der Waals surface area contributed by atoms with Gasteiger partial charge >= 0.3 is 18.1 Å². The predicted octanol–water partition coefficient (Wildman–Crippen LogP) is 5.67. The highest BCUT2D eigenvalue weighted by Crippen LogP contribution is 2.56. The third-order valence-corrected chi connectivity index (χ3v) is 5.87. The largest absolute Gasteiger partial charge is 0.509 e. The molecule has 0 amide bonds. The average Bonchev–Trinajstić information content (AvgIpc) is 2.88. The molecule has 2 aromatic carbocycles. The van der Waals surface area contributed by atoms with E-state index in [0.717, 1.165) is 23.1 Å². The first-order valence-electron chi connectivity index (χ1n) is 8.80. The maximum atomic E-state index is 11.6. The molecule has 2 N–H and O–H groups in total. The van der Waals surface area contributed by atoms with Crippen molar-refractivity contribution in [2.24, 2.45) is 0 Å². The molecular weight excluding hydrogens is 475 g/mol. The van der Waals surface area contributed by atoms with Crippen molar-refractivity contribution in [1.29, 1.82) is 0 Å². The molecule has 1 aliphatic rings. The van der Waals surface area contributed by atoms with Crippen molar-refractivity contribution >= 4 is 44.1 Å². The number of fused-ring (bicyclic) bond motifs is 1. The third kappa shape index (κ3) is 3.23. The van der Waals surface area contributed by atoms with Crippen LogP contribution in [0.25, 0.3) is 9.15 Å². The molecular formula is C21H19IO6. The number of aryl methyl sites for hydroxylation is 1. The van der Waals surface area contributed by atoms with Gasteiger partial charge in [0.1, 0.15) is 0 Å². The summed E-state index contributed by atoms with van der Waals surface area (Å²) in [5.41, 5.74) is 4.31. The van der Waals surface area contributed by atoms with Crippen LogP contribution in [0, 0.1) is 0 Å². The second-order valence-electron chi connectivity index (χ2n) is 6.24. The average molecular weight is 494 g/mol. The zero-order valence-electron chi connectivity index (χ0n) is 15.4. The molecule has 146 valence electrons. The fourth-order valence-corrected chi connectivity index (χ4v) is 5.04. The summed E-state index contributed by atoms with van der Waals surface area (Å²) in [5, 5.41) is 18.9. The summed E-state index contributed by atoms with van der Waals surface area (Å²) in [6.07, 6.45) is -1.74. The molecule has 2 aromatic rings. The number of hydrogen-bond donors (Lipinski definition) is 2. The van der Waals surface area contributed by atoms with Gasteiger partial charge in [0.05, 0.1) is 11.1 Å². The summed E-state index contributed by atoms with van der Waals surface area (Å²) < 4.78 is 11.1. The molecule has 3 rings (SSSR count). The summed E-state index contributed by atoms with van der Waals surface area (Å²) in [6.45, 7) is 4.05.